The number of nitrogens with one attached hydrogen (secondary N) is 2. The number of anilines is 4. The van der Waals surface area contributed by atoms with E-state index in [0.717, 1.165) is 37.2 Å². The fraction of sp³-hybridized carbons (Fsp3) is 0.238. The van der Waals surface area contributed by atoms with Gasteiger partial charge in [-0.05, 0) is 61.2 Å². The third-order valence-electron chi connectivity index (χ3n) is 4.56. The molecule has 0 radical (unpaired) electrons. The molecule has 0 amide bonds. The van der Waals surface area contributed by atoms with Crippen LogP contribution >= 0.6 is 0 Å². The molecule has 8 heteroatoms. The predicted molar refractivity (Wildman–Crippen MR) is 115 cm³/mol. The van der Waals surface area contributed by atoms with Crippen molar-refractivity contribution in [3.05, 3.63) is 60.2 Å². The van der Waals surface area contributed by atoms with E-state index in [4.69, 9.17) is 0 Å². The van der Waals surface area contributed by atoms with Crippen LogP contribution in [0.3, 0.4) is 0 Å². The molecule has 3 aromatic rings. The van der Waals surface area contributed by atoms with Crippen molar-refractivity contribution in [3.8, 4) is 5.75 Å². The summed E-state index contributed by atoms with van der Waals surface area (Å²) in [5.41, 5.74) is 4.65. The highest BCUT2D eigenvalue weighted by atomic mass is 16.3. The summed E-state index contributed by atoms with van der Waals surface area (Å²) in [6.07, 6.45) is 5.15. The van der Waals surface area contributed by atoms with Gasteiger partial charge < -0.3 is 15.3 Å². The molecule has 0 spiro atoms. The Hall–Kier alpha value is -3.68. The fourth-order valence-corrected chi connectivity index (χ4v) is 3.08. The van der Waals surface area contributed by atoms with E-state index in [0.29, 0.717) is 17.8 Å². The summed E-state index contributed by atoms with van der Waals surface area (Å²) in [6, 6.07) is 16.6. The predicted octanol–water partition coefficient (Wildman–Crippen LogP) is 3.76. The molecule has 4 rings (SSSR count). The average molecular weight is 389 g/mol. The van der Waals surface area contributed by atoms with Gasteiger partial charge in [0.05, 0.1) is 6.21 Å². The monoisotopic (exact) mass is 389 g/mol. The highest BCUT2D eigenvalue weighted by Crippen LogP contribution is 2.20. The number of hydrogen-bond acceptors (Lipinski definition) is 8. The molecule has 1 saturated heterocycles. The molecule has 29 heavy (non-hydrogen) atoms. The SMILES string of the molecule is Oc1ccc(/C=N\Nc2nc(Nc3ccccc3)nc(N3CCCCC3)n2)cc1. The average Bonchev–Trinajstić information content (AvgIpc) is 2.76. The molecular formula is C21H23N7O. The fourth-order valence-electron chi connectivity index (χ4n) is 3.08. The number of rotatable bonds is 6. The first-order chi connectivity index (χ1) is 14.3. The molecule has 148 valence electrons. The number of aromatic hydroxyl groups is 1. The van der Waals surface area contributed by atoms with Crippen molar-refractivity contribution in [2.75, 3.05) is 28.7 Å². The lowest BCUT2D eigenvalue weighted by atomic mass is 10.1. The van der Waals surface area contributed by atoms with Gasteiger partial charge in [-0.3, -0.25) is 0 Å². The van der Waals surface area contributed by atoms with E-state index >= 15 is 0 Å². The van der Waals surface area contributed by atoms with Gasteiger partial charge in [0, 0.05) is 18.8 Å². The lowest BCUT2D eigenvalue weighted by Crippen LogP contribution is -2.31. The third-order valence-corrected chi connectivity index (χ3v) is 4.56. The van der Waals surface area contributed by atoms with E-state index in [2.05, 4.69) is 35.7 Å². The van der Waals surface area contributed by atoms with Gasteiger partial charge in [0.1, 0.15) is 5.75 Å². The lowest BCUT2D eigenvalue weighted by Gasteiger charge is -2.26. The van der Waals surface area contributed by atoms with Crippen molar-refractivity contribution in [3.63, 3.8) is 0 Å². The van der Waals surface area contributed by atoms with Gasteiger partial charge in [-0.1, -0.05) is 18.2 Å². The number of hydrogen-bond donors (Lipinski definition) is 3. The van der Waals surface area contributed by atoms with Crippen LogP contribution in [0.4, 0.5) is 23.5 Å². The van der Waals surface area contributed by atoms with Crippen molar-refractivity contribution in [1.82, 2.24) is 15.0 Å². The van der Waals surface area contributed by atoms with Crippen molar-refractivity contribution in [2.24, 2.45) is 5.10 Å². The quantitative estimate of drug-likeness (QED) is 0.436. The highest BCUT2D eigenvalue weighted by Gasteiger charge is 2.16. The Kier molecular flexibility index (Phi) is 5.80. The number of para-hydroxylation sites is 1. The third kappa shape index (κ3) is 5.19. The molecule has 0 bridgehead atoms. The van der Waals surface area contributed by atoms with Crippen LogP contribution in [-0.2, 0) is 0 Å². The molecule has 0 saturated carbocycles. The number of aromatic nitrogens is 3. The van der Waals surface area contributed by atoms with Gasteiger partial charge in [-0.2, -0.15) is 20.1 Å². The zero-order valence-corrected chi connectivity index (χ0v) is 16.0. The van der Waals surface area contributed by atoms with Crippen LogP contribution in [0.15, 0.2) is 59.7 Å². The summed E-state index contributed by atoms with van der Waals surface area (Å²) in [5, 5.41) is 16.8. The van der Waals surface area contributed by atoms with Crippen molar-refractivity contribution >= 4 is 29.7 Å². The number of phenolic OH excluding ortho intramolecular Hbond substituents is 1. The van der Waals surface area contributed by atoms with E-state index in [1.807, 2.05) is 30.3 Å². The summed E-state index contributed by atoms with van der Waals surface area (Å²) in [5.74, 6) is 1.69. The zero-order chi connectivity index (χ0) is 19.9. The topological polar surface area (TPSA) is 98.6 Å². The van der Waals surface area contributed by atoms with Gasteiger partial charge in [0.15, 0.2) is 0 Å². The van der Waals surface area contributed by atoms with E-state index in [1.165, 1.54) is 6.42 Å². The van der Waals surface area contributed by atoms with Crippen LogP contribution in [-0.4, -0.2) is 39.4 Å². The summed E-state index contributed by atoms with van der Waals surface area (Å²) in [7, 11) is 0. The maximum Gasteiger partial charge on any atom is 0.250 e. The largest absolute Gasteiger partial charge is 0.508 e. The molecular weight excluding hydrogens is 366 g/mol. The Labute approximate surface area is 169 Å². The van der Waals surface area contributed by atoms with Gasteiger partial charge in [0.25, 0.3) is 0 Å². The van der Waals surface area contributed by atoms with Crippen molar-refractivity contribution in [1.29, 1.82) is 0 Å². The Bertz CT molecular complexity index is 955. The smallest absolute Gasteiger partial charge is 0.250 e. The molecule has 0 unspecified atom stereocenters. The molecule has 1 aliphatic rings. The van der Waals surface area contributed by atoms with E-state index in [9.17, 15) is 5.11 Å². The lowest BCUT2D eigenvalue weighted by molar-refractivity contribution is 0.475. The molecule has 8 nitrogen and oxygen atoms in total. The minimum absolute atomic E-state index is 0.218. The number of piperidine rings is 1. The van der Waals surface area contributed by atoms with E-state index in [-0.39, 0.29) is 5.75 Å². The maximum atomic E-state index is 9.37. The molecule has 2 aromatic carbocycles. The van der Waals surface area contributed by atoms with E-state index < -0.39 is 0 Å². The normalized spacial score (nSPS) is 14.1. The second-order valence-corrected chi connectivity index (χ2v) is 6.78. The minimum atomic E-state index is 0.218. The van der Waals surface area contributed by atoms with Gasteiger partial charge in [0.2, 0.25) is 17.8 Å². The maximum absolute atomic E-state index is 9.37. The molecule has 1 fully saturated rings. The zero-order valence-electron chi connectivity index (χ0n) is 16.0. The van der Waals surface area contributed by atoms with E-state index in [1.54, 1.807) is 30.5 Å². The molecule has 1 aromatic heterocycles. The number of phenols is 1. The first-order valence-corrected chi connectivity index (χ1v) is 9.67. The van der Waals surface area contributed by atoms with Gasteiger partial charge >= 0.3 is 0 Å². The minimum Gasteiger partial charge on any atom is -0.508 e. The Morgan fingerprint density at radius 2 is 1.59 bits per heavy atom. The summed E-state index contributed by atoms with van der Waals surface area (Å²) >= 11 is 0. The van der Waals surface area contributed by atoms with Crippen LogP contribution in [0.25, 0.3) is 0 Å². The van der Waals surface area contributed by atoms with Crippen molar-refractivity contribution in [2.45, 2.75) is 19.3 Å². The number of hydrazone groups is 1. The van der Waals surface area contributed by atoms with Gasteiger partial charge in [-0.25, -0.2) is 5.43 Å². The van der Waals surface area contributed by atoms with Crippen LogP contribution in [0.1, 0.15) is 24.8 Å². The molecule has 3 N–H and O–H groups in total. The summed E-state index contributed by atoms with van der Waals surface area (Å²) in [4.78, 5) is 15.8. The second-order valence-electron chi connectivity index (χ2n) is 6.78. The van der Waals surface area contributed by atoms with Crippen LogP contribution < -0.4 is 15.6 Å². The first-order valence-electron chi connectivity index (χ1n) is 9.67. The standard InChI is InChI=1S/C21H23N7O/c29-18-11-9-16(10-12-18)15-22-27-20-24-19(23-17-7-3-1-4-8-17)25-21(26-20)28-13-5-2-6-14-28/h1,3-4,7-12,15,29H,2,5-6,13-14H2,(H2,23,24,25,26,27)/b22-15-. The summed E-state index contributed by atoms with van der Waals surface area (Å²) in [6.45, 7) is 1.87. The highest BCUT2D eigenvalue weighted by molar-refractivity contribution is 5.80. The molecule has 0 atom stereocenters. The summed E-state index contributed by atoms with van der Waals surface area (Å²) < 4.78 is 0. The van der Waals surface area contributed by atoms with Crippen LogP contribution in [0.5, 0.6) is 5.75 Å². The molecule has 2 heterocycles. The second kappa shape index (κ2) is 9.01. The number of benzene rings is 2. The number of nitrogens with zero attached hydrogens (tertiary/aromatic N) is 5. The molecule has 0 aliphatic carbocycles. The van der Waals surface area contributed by atoms with Crippen LogP contribution in [0.2, 0.25) is 0 Å². The van der Waals surface area contributed by atoms with Crippen LogP contribution in [0, 0.1) is 0 Å². The Balaban J connectivity index is 1.55. The Morgan fingerprint density at radius 1 is 0.862 bits per heavy atom. The van der Waals surface area contributed by atoms with Gasteiger partial charge in [-0.15, -0.1) is 0 Å². The Morgan fingerprint density at radius 3 is 2.34 bits per heavy atom. The molecule has 1 aliphatic heterocycles. The van der Waals surface area contributed by atoms with Crippen molar-refractivity contribution < 1.29 is 5.11 Å². The first kappa shape index (κ1) is 18.7.